The third-order valence-corrected chi connectivity index (χ3v) is 5.00. The molecule has 1 aromatic rings. The average molecular weight is 299 g/mol. The first kappa shape index (κ1) is 15.7. The van der Waals surface area contributed by atoms with Gasteiger partial charge in [0.2, 0.25) is 0 Å². The van der Waals surface area contributed by atoms with E-state index in [0.29, 0.717) is 5.92 Å². The van der Waals surface area contributed by atoms with E-state index in [-0.39, 0.29) is 16.9 Å². The van der Waals surface area contributed by atoms with Gasteiger partial charge >= 0.3 is 0 Å². The summed E-state index contributed by atoms with van der Waals surface area (Å²) in [6.07, 6.45) is 7.03. The van der Waals surface area contributed by atoms with E-state index in [0.717, 1.165) is 17.9 Å². The molecule has 0 aliphatic heterocycles. The van der Waals surface area contributed by atoms with Crippen LogP contribution in [-0.2, 0) is 6.42 Å². The molecule has 0 spiro atoms. The van der Waals surface area contributed by atoms with Crippen LogP contribution in [0.2, 0.25) is 5.02 Å². The zero-order valence-electron chi connectivity index (χ0n) is 12.0. The maximum Gasteiger partial charge on any atom is 0.142 e. The zero-order valence-corrected chi connectivity index (χ0v) is 12.8. The Hall–Kier alpha value is -0.640. The van der Waals surface area contributed by atoms with Crippen LogP contribution in [0.5, 0.6) is 0 Å². The summed E-state index contributed by atoms with van der Waals surface area (Å²) < 4.78 is 13.5. The molecule has 20 heavy (non-hydrogen) atoms. The summed E-state index contributed by atoms with van der Waals surface area (Å²) in [6.45, 7) is 2.26. The number of hydrogen-bond acceptors (Lipinski definition) is 2. The summed E-state index contributed by atoms with van der Waals surface area (Å²) >= 11 is 5.72. The minimum Gasteiger partial charge on any atom is -0.271 e. The maximum absolute atomic E-state index is 13.5. The maximum atomic E-state index is 13.5. The largest absolute Gasteiger partial charge is 0.271 e. The molecular weight excluding hydrogens is 275 g/mol. The SMILES string of the molecule is CCC1CCC(C(Cc2ccc(Cl)c(F)c2)NN)CC1. The molecule has 4 heteroatoms. The van der Waals surface area contributed by atoms with Crippen molar-refractivity contribution in [2.75, 3.05) is 0 Å². The quantitative estimate of drug-likeness (QED) is 0.635. The second kappa shape index (κ2) is 7.39. The van der Waals surface area contributed by atoms with E-state index in [1.54, 1.807) is 6.07 Å². The molecule has 1 unspecified atom stereocenters. The van der Waals surface area contributed by atoms with Gasteiger partial charge in [0.05, 0.1) is 5.02 Å². The lowest BCUT2D eigenvalue weighted by molar-refractivity contribution is 0.217. The topological polar surface area (TPSA) is 38.0 Å². The van der Waals surface area contributed by atoms with Crippen LogP contribution in [0.15, 0.2) is 18.2 Å². The van der Waals surface area contributed by atoms with Gasteiger partial charge in [-0.05, 0) is 48.8 Å². The Balaban J connectivity index is 1.96. The fraction of sp³-hybridized carbons (Fsp3) is 0.625. The van der Waals surface area contributed by atoms with Gasteiger partial charge in [-0.1, -0.05) is 43.9 Å². The minimum atomic E-state index is -0.352. The summed E-state index contributed by atoms with van der Waals surface area (Å²) in [4.78, 5) is 0. The molecule has 0 radical (unpaired) electrons. The lowest BCUT2D eigenvalue weighted by atomic mass is 9.76. The van der Waals surface area contributed by atoms with Gasteiger partial charge in [-0.15, -0.1) is 0 Å². The Bertz CT molecular complexity index is 430. The molecule has 0 heterocycles. The highest BCUT2D eigenvalue weighted by molar-refractivity contribution is 6.30. The fourth-order valence-electron chi connectivity index (χ4n) is 3.28. The first-order valence-corrected chi connectivity index (χ1v) is 7.91. The molecule has 1 atom stereocenters. The van der Waals surface area contributed by atoms with Crippen LogP contribution in [0.3, 0.4) is 0 Å². The molecule has 3 N–H and O–H groups in total. The first-order valence-electron chi connectivity index (χ1n) is 7.54. The van der Waals surface area contributed by atoms with Crippen LogP contribution < -0.4 is 11.3 Å². The summed E-state index contributed by atoms with van der Waals surface area (Å²) in [7, 11) is 0. The highest BCUT2D eigenvalue weighted by atomic mass is 35.5. The first-order chi connectivity index (χ1) is 9.63. The predicted octanol–water partition coefficient (Wildman–Crippen LogP) is 4.07. The van der Waals surface area contributed by atoms with Gasteiger partial charge in [-0.3, -0.25) is 11.3 Å². The van der Waals surface area contributed by atoms with E-state index in [2.05, 4.69) is 12.3 Å². The normalized spacial score (nSPS) is 24.6. The van der Waals surface area contributed by atoms with Crippen LogP contribution in [0.1, 0.15) is 44.6 Å². The number of hydrogen-bond donors (Lipinski definition) is 2. The summed E-state index contributed by atoms with van der Waals surface area (Å²) in [5.41, 5.74) is 3.88. The standard InChI is InChI=1S/C16H24ClFN2/c1-2-11-3-6-13(7-4-11)16(20-19)10-12-5-8-14(17)15(18)9-12/h5,8-9,11,13,16,20H,2-4,6-7,10,19H2,1H3. The van der Waals surface area contributed by atoms with Crippen LogP contribution >= 0.6 is 11.6 Å². The van der Waals surface area contributed by atoms with Crippen molar-refractivity contribution in [3.8, 4) is 0 Å². The smallest absolute Gasteiger partial charge is 0.142 e. The van der Waals surface area contributed by atoms with E-state index >= 15 is 0 Å². The predicted molar refractivity (Wildman–Crippen MR) is 82.0 cm³/mol. The summed E-state index contributed by atoms with van der Waals surface area (Å²) in [5, 5.41) is 0.175. The lowest BCUT2D eigenvalue weighted by Crippen LogP contribution is -2.43. The summed E-state index contributed by atoms with van der Waals surface area (Å²) in [5.74, 6) is 6.82. The highest BCUT2D eigenvalue weighted by Crippen LogP contribution is 2.33. The Kier molecular flexibility index (Phi) is 5.82. The zero-order chi connectivity index (χ0) is 14.5. The van der Waals surface area contributed by atoms with Crippen molar-refractivity contribution in [3.05, 3.63) is 34.6 Å². The van der Waals surface area contributed by atoms with E-state index in [4.69, 9.17) is 17.4 Å². The van der Waals surface area contributed by atoms with Crippen molar-refractivity contribution in [2.24, 2.45) is 17.7 Å². The van der Waals surface area contributed by atoms with Gasteiger partial charge in [0.25, 0.3) is 0 Å². The molecule has 2 nitrogen and oxygen atoms in total. The molecule has 0 saturated heterocycles. The molecular formula is C16H24ClFN2. The van der Waals surface area contributed by atoms with Gasteiger partial charge in [-0.2, -0.15) is 0 Å². The average Bonchev–Trinajstić information content (AvgIpc) is 2.48. The van der Waals surface area contributed by atoms with Crippen molar-refractivity contribution in [3.63, 3.8) is 0 Å². The van der Waals surface area contributed by atoms with Crippen LogP contribution in [0.4, 0.5) is 4.39 Å². The molecule has 2 rings (SSSR count). The lowest BCUT2D eigenvalue weighted by Gasteiger charge is -2.33. The molecule has 1 saturated carbocycles. The molecule has 1 aliphatic rings. The van der Waals surface area contributed by atoms with Crippen LogP contribution in [0, 0.1) is 17.7 Å². The molecule has 1 aliphatic carbocycles. The molecule has 1 aromatic carbocycles. The Morgan fingerprint density at radius 2 is 2.05 bits per heavy atom. The van der Waals surface area contributed by atoms with Crippen molar-refractivity contribution < 1.29 is 4.39 Å². The molecule has 0 bridgehead atoms. The highest BCUT2D eigenvalue weighted by Gasteiger charge is 2.26. The van der Waals surface area contributed by atoms with Gasteiger partial charge in [0.15, 0.2) is 0 Å². The van der Waals surface area contributed by atoms with Crippen LogP contribution in [0.25, 0.3) is 0 Å². The van der Waals surface area contributed by atoms with Gasteiger partial charge in [0, 0.05) is 6.04 Å². The Morgan fingerprint density at radius 3 is 2.60 bits per heavy atom. The van der Waals surface area contributed by atoms with Crippen molar-refractivity contribution in [1.82, 2.24) is 5.43 Å². The van der Waals surface area contributed by atoms with E-state index in [1.807, 2.05) is 6.07 Å². The van der Waals surface area contributed by atoms with Crippen molar-refractivity contribution in [2.45, 2.75) is 51.5 Å². The fourth-order valence-corrected chi connectivity index (χ4v) is 3.40. The van der Waals surface area contributed by atoms with E-state index in [9.17, 15) is 4.39 Å². The second-order valence-electron chi connectivity index (χ2n) is 5.91. The molecule has 0 aromatic heterocycles. The number of halogens is 2. The minimum absolute atomic E-state index is 0.175. The molecule has 1 fully saturated rings. The number of nitrogens with two attached hydrogens (primary N) is 1. The number of rotatable bonds is 5. The number of nitrogens with one attached hydrogen (secondary N) is 1. The van der Waals surface area contributed by atoms with E-state index in [1.165, 1.54) is 38.2 Å². The Labute approximate surface area is 125 Å². The molecule has 0 amide bonds. The second-order valence-corrected chi connectivity index (χ2v) is 6.32. The van der Waals surface area contributed by atoms with E-state index < -0.39 is 0 Å². The van der Waals surface area contributed by atoms with Crippen molar-refractivity contribution in [1.29, 1.82) is 0 Å². The monoisotopic (exact) mass is 298 g/mol. The summed E-state index contributed by atoms with van der Waals surface area (Å²) in [6, 6.07) is 5.24. The van der Waals surface area contributed by atoms with Gasteiger partial charge in [0.1, 0.15) is 5.82 Å². The van der Waals surface area contributed by atoms with Gasteiger partial charge < -0.3 is 0 Å². The van der Waals surface area contributed by atoms with Crippen molar-refractivity contribution >= 4 is 11.6 Å². The van der Waals surface area contributed by atoms with Crippen LogP contribution in [-0.4, -0.2) is 6.04 Å². The number of benzene rings is 1. The number of hydrazine groups is 1. The Morgan fingerprint density at radius 1 is 1.35 bits per heavy atom. The third-order valence-electron chi connectivity index (χ3n) is 4.69. The third kappa shape index (κ3) is 3.94. The molecule has 112 valence electrons. The van der Waals surface area contributed by atoms with Gasteiger partial charge in [-0.25, -0.2) is 4.39 Å².